The second-order valence-corrected chi connectivity index (χ2v) is 5.16. The Labute approximate surface area is 102 Å². The van der Waals surface area contributed by atoms with Crippen molar-refractivity contribution in [3.05, 3.63) is 35.5 Å². The van der Waals surface area contributed by atoms with E-state index in [2.05, 4.69) is 48.4 Å². The number of aromatic amines is 1. The smallest absolute Gasteiger partial charge is 0.213 e. The third-order valence-corrected chi connectivity index (χ3v) is 3.43. The second-order valence-electron chi connectivity index (χ2n) is 5.16. The number of aryl methyl sites for hydroxylation is 1. The standard InChI is InChI=1S/C15H18N2/c1-10(2)16-15-11-6-3-4-8-13(11)17-14-9-5-7-12(14)15/h3-4,6,8,10H,5,7,9H2,1-2H3,(H,16,17)/p+1. The molecule has 0 amide bonds. The molecule has 0 bridgehead atoms. The summed E-state index contributed by atoms with van der Waals surface area (Å²) in [5.41, 5.74) is 5.52. The van der Waals surface area contributed by atoms with Gasteiger partial charge in [-0.05, 0) is 32.8 Å². The molecule has 0 radical (unpaired) electrons. The average molecular weight is 227 g/mol. The summed E-state index contributed by atoms with van der Waals surface area (Å²) in [7, 11) is 0. The molecule has 0 atom stereocenters. The van der Waals surface area contributed by atoms with E-state index in [0.717, 1.165) is 0 Å². The zero-order valence-corrected chi connectivity index (χ0v) is 10.5. The average Bonchev–Trinajstić information content (AvgIpc) is 2.76. The molecule has 88 valence electrons. The summed E-state index contributed by atoms with van der Waals surface area (Å²) in [6.45, 7) is 4.40. The topological polar surface area (TPSA) is 26.2 Å². The summed E-state index contributed by atoms with van der Waals surface area (Å²) < 4.78 is 0. The molecule has 1 heterocycles. The molecule has 1 aromatic heterocycles. The summed E-state index contributed by atoms with van der Waals surface area (Å²) >= 11 is 0. The number of benzene rings is 1. The Bertz CT molecular complexity index is 558. The first-order chi connectivity index (χ1) is 8.25. The number of pyridine rings is 1. The van der Waals surface area contributed by atoms with Gasteiger partial charge in [0.25, 0.3) is 0 Å². The molecular weight excluding hydrogens is 208 g/mol. The first kappa shape index (κ1) is 10.6. The summed E-state index contributed by atoms with van der Waals surface area (Å²) in [4.78, 5) is 3.58. The molecule has 2 N–H and O–H groups in total. The molecule has 0 aliphatic heterocycles. The SMILES string of the molecule is CC(C)Nc1c2c([nH+]c3ccccc13)CCC2. The lowest BCUT2D eigenvalue weighted by Gasteiger charge is -2.14. The van der Waals surface area contributed by atoms with Crippen LogP contribution in [0.1, 0.15) is 31.5 Å². The van der Waals surface area contributed by atoms with Crippen LogP contribution in [-0.2, 0) is 12.8 Å². The van der Waals surface area contributed by atoms with Gasteiger partial charge in [0.15, 0.2) is 5.69 Å². The quantitative estimate of drug-likeness (QED) is 0.838. The molecule has 0 saturated carbocycles. The fraction of sp³-hybridized carbons (Fsp3) is 0.400. The summed E-state index contributed by atoms with van der Waals surface area (Å²) in [6.07, 6.45) is 3.66. The Hall–Kier alpha value is -1.57. The zero-order valence-electron chi connectivity index (χ0n) is 10.5. The van der Waals surface area contributed by atoms with Crippen LogP contribution in [-0.4, -0.2) is 6.04 Å². The van der Waals surface area contributed by atoms with Gasteiger partial charge in [0.2, 0.25) is 5.52 Å². The highest BCUT2D eigenvalue weighted by Crippen LogP contribution is 2.32. The molecule has 0 spiro atoms. The van der Waals surface area contributed by atoms with Crippen LogP contribution < -0.4 is 10.3 Å². The van der Waals surface area contributed by atoms with E-state index in [0.29, 0.717) is 6.04 Å². The van der Waals surface area contributed by atoms with Crippen LogP contribution in [0, 0.1) is 0 Å². The molecule has 1 aliphatic carbocycles. The van der Waals surface area contributed by atoms with Gasteiger partial charge in [-0.1, -0.05) is 12.1 Å². The van der Waals surface area contributed by atoms with Gasteiger partial charge in [0, 0.05) is 24.1 Å². The number of para-hydroxylation sites is 1. The van der Waals surface area contributed by atoms with E-state index < -0.39 is 0 Å². The van der Waals surface area contributed by atoms with Crippen molar-refractivity contribution in [2.45, 2.75) is 39.2 Å². The van der Waals surface area contributed by atoms with Crippen molar-refractivity contribution in [1.29, 1.82) is 0 Å². The number of anilines is 1. The molecule has 0 saturated heterocycles. The van der Waals surface area contributed by atoms with Crippen molar-refractivity contribution in [3.63, 3.8) is 0 Å². The number of hydrogen-bond donors (Lipinski definition) is 1. The van der Waals surface area contributed by atoms with Gasteiger partial charge in [0.1, 0.15) is 0 Å². The van der Waals surface area contributed by atoms with Crippen LogP contribution in [0.5, 0.6) is 0 Å². The van der Waals surface area contributed by atoms with E-state index in [-0.39, 0.29) is 0 Å². The number of rotatable bonds is 2. The maximum Gasteiger partial charge on any atom is 0.213 e. The fourth-order valence-electron chi connectivity index (χ4n) is 2.75. The monoisotopic (exact) mass is 227 g/mol. The number of H-pyrrole nitrogens is 1. The Morgan fingerprint density at radius 2 is 2.00 bits per heavy atom. The Balaban J connectivity index is 2.27. The van der Waals surface area contributed by atoms with Crippen LogP contribution in [0.2, 0.25) is 0 Å². The van der Waals surface area contributed by atoms with E-state index in [4.69, 9.17) is 0 Å². The maximum atomic E-state index is 3.63. The molecule has 17 heavy (non-hydrogen) atoms. The number of hydrogen-bond acceptors (Lipinski definition) is 1. The largest absolute Gasteiger partial charge is 0.382 e. The summed E-state index contributed by atoms with van der Waals surface area (Å²) in [5, 5.41) is 4.95. The van der Waals surface area contributed by atoms with Gasteiger partial charge in [-0.2, -0.15) is 0 Å². The Morgan fingerprint density at radius 1 is 1.18 bits per heavy atom. The van der Waals surface area contributed by atoms with Crippen LogP contribution >= 0.6 is 0 Å². The predicted molar refractivity (Wildman–Crippen MR) is 71.3 cm³/mol. The Kier molecular flexibility index (Phi) is 2.50. The van der Waals surface area contributed by atoms with Crippen LogP contribution in [0.25, 0.3) is 10.9 Å². The van der Waals surface area contributed by atoms with Gasteiger partial charge in [-0.3, -0.25) is 0 Å². The predicted octanol–water partition coefficient (Wildman–Crippen LogP) is 2.96. The second kappa shape index (κ2) is 4.02. The van der Waals surface area contributed by atoms with Gasteiger partial charge in [-0.25, -0.2) is 4.98 Å². The third kappa shape index (κ3) is 1.78. The van der Waals surface area contributed by atoms with E-state index in [1.165, 1.54) is 47.1 Å². The molecule has 3 rings (SSSR count). The fourth-order valence-corrected chi connectivity index (χ4v) is 2.75. The highest BCUT2D eigenvalue weighted by Gasteiger charge is 2.24. The van der Waals surface area contributed by atoms with E-state index in [1.54, 1.807) is 0 Å². The van der Waals surface area contributed by atoms with Crippen LogP contribution in [0.4, 0.5) is 5.69 Å². The molecule has 2 heteroatoms. The lowest BCUT2D eigenvalue weighted by molar-refractivity contribution is -0.356. The minimum absolute atomic E-state index is 0.477. The van der Waals surface area contributed by atoms with Gasteiger partial charge >= 0.3 is 0 Å². The van der Waals surface area contributed by atoms with Crippen molar-refractivity contribution in [2.75, 3.05) is 5.32 Å². The highest BCUT2D eigenvalue weighted by atomic mass is 14.9. The molecule has 0 fully saturated rings. The third-order valence-electron chi connectivity index (χ3n) is 3.43. The number of aromatic nitrogens is 1. The number of fused-ring (bicyclic) bond motifs is 2. The maximum absolute atomic E-state index is 3.63. The summed E-state index contributed by atoms with van der Waals surface area (Å²) in [6, 6.07) is 9.06. The molecule has 2 aromatic rings. The van der Waals surface area contributed by atoms with Crippen molar-refractivity contribution in [3.8, 4) is 0 Å². The lowest BCUT2D eigenvalue weighted by atomic mass is 10.1. The first-order valence-electron chi connectivity index (χ1n) is 6.48. The lowest BCUT2D eigenvalue weighted by Crippen LogP contribution is -2.17. The molecule has 1 aliphatic rings. The summed E-state index contributed by atoms with van der Waals surface area (Å²) in [5.74, 6) is 0. The van der Waals surface area contributed by atoms with Gasteiger partial charge < -0.3 is 5.32 Å². The molecule has 1 aromatic carbocycles. The van der Waals surface area contributed by atoms with Crippen molar-refractivity contribution in [2.24, 2.45) is 0 Å². The zero-order chi connectivity index (χ0) is 11.8. The molecule has 0 unspecified atom stereocenters. The van der Waals surface area contributed by atoms with Crippen LogP contribution in [0.15, 0.2) is 24.3 Å². The Morgan fingerprint density at radius 3 is 2.82 bits per heavy atom. The van der Waals surface area contributed by atoms with E-state index in [1.807, 2.05) is 0 Å². The van der Waals surface area contributed by atoms with Crippen LogP contribution in [0.3, 0.4) is 0 Å². The van der Waals surface area contributed by atoms with E-state index >= 15 is 0 Å². The van der Waals surface area contributed by atoms with Gasteiger partial charge in [-0.15, -0.1) is 0 Å². The molecule has 2 nitrogen and oxygen atoms in total. The van der Waals surface area contributed by atoms with Crippen molar-refractivity contribution < 1.29 is 4.98 Å². The minimum atomic E-state index is 0.477. The highest BCUT2D eigenvalue weighted by molar-refractivity contribution is 5.91. The van der Waals surface area contributed by atoms with Crippen molar-refractivity contribution in [1.82, 2.24) is 0 Å². The van der Waals surface area contributed by atoms with Gasteiger partial charge in [0.05, 0.1) is 11.1 Å². The van der Waals surface area contributed by atoms with E-state index in [9.17, 15) is 0 Å². The number of nitrogens with one attached hydrogen (secondary N) is 2. The van der Waals surface area contributed by atoms with Crippen molar-refractivity contribution >= 4 is 16.6 Å². The molecular formula is C15H19N2+. The minimum Gasteiger partial charge on any atom is -0.382 e. The first-order valence-corrected chi connectivity index (χ1v) is 6.48. The normalized spacial score (nSPS) is 14.3.